The molecule has 23 heavy (non-hydrogen) atoms. The minimum Gasteiger partial charge on any atom is -0.495 e. The molecule has 0 radical (unpaired) electrons. The molecule has 120 valence electrons. The first-order chi connectivity index (χ1) is 11.2. The fourth-order valence-corrected chi connectivity index (χ4v) is 2.64. The van der Waals surface area contributed by atoms with Crippen molar-refractivity contribution in [1.29, 1.82) is 0 Å². The number of ether oxygens (including phenoxy) is 1. The van der Waals surface area contributed by atoms with Gasteiger partial charge in [-0.25, -0.2) is 0 Å². The molecule has 2 amide bonds. The SMILES string of the molecule is COc1ccc(NC(=O)c2ccco2)cc1N1CCCCC1=O. The van der Waals surface area contributed by atoms with E-state index >= 15 is 0 Å². The van der Waals surface area contributed by atoms with Gasteiger partial charge < -0.3 is 19.4 Å². The van der Waals surface area contributed by atoms with Gasteiger partial charge in [-0.2, -0.15) is 0 Å². The summed E-state index contributed by atoms with van der Waals surface area (Å²) in [7, 11) is 1.56. The number of anilines is 2. The van der Waals surface area contributed by atoms with Gasteiger partial charge in [0.15, 0.2) is 5.76 Å². The molecule has 0 saturated carbocycles. The van der Waals surface area contributed by atoms with Gasteiger partial charge in [0.05, 0.1) is 19.1 Å². The van der Waals surface area contributed by atoms with Crippen molar-refractivity contribution in [1.82, 2.24) is 0 Å². The maximum Gasteiger partial charge on any atom is 0.291 e. The average Bonchev–Trinajstić information content (AvgIpc) is 3.10. The average molecular weight is 314 g/mol. The number of nitrogens with one attached hydrogen (secondary N) is 1. The second-order valence-electron chi connectivity index (χ2n) is 5.32. The van der Waals surface area contributed by atoms with Gasteiger partial charge in [-0.3, -0.25) is 9.59 Å². The molecule has 0 spiro atoms. The first-order valence-electron chi connectivity index (χ1n) is 7.52. The first-order valence-corrected chi connectivity index (χ1v) is 7.52. The van der Waals surface area contributed by atoms with Gasteiger partial charge in [-0.15, -0.1) is 0 Å². The summed E-state index contributed by atoms with van der Waals surface area (Å²) < 4.78 is 10.4. The van der Waals surface area contributed by atoms with Crippen LogP contribution < -0.4 is 15.0 Å². The minimum absolute atomic E-state index is 0.0732. The third-order valence-corrected chi connectivity index (χ3v) is 3.80. The van der Waals surface area contributed by atoms with Gasteiger partial charge in [0.1, 0.15) is 5.75 Å². The van der Waals surface area contributed by atoms with Crippen LogP contribution in [-0.4, -0.2) is 25.5 Å². The van der Waals surface area contributed by atoms with Crippen molar-refractivity contribution in [3.63, 3.8) is 0 Å². The van der Waals surface area contributed by atoms with Gasteiger partial charge in [-0.05, 0) is 43.2 Å². The fraction of sp³-hybridized carbons (Fsp3) is 0.294. The quantitative estimate of drug-likeness (QED) is 0.941. The highest BCUT2D eigenvalue weighted by Gasteiger charge is 2.23. The summed E-state index contributed by atoms with van der Waals surface area (Å²) in [6, 6.07) is 8.48. The van der Waals surface area contributed by atoms with Crippen molar-refractivity contribution >= 4 is 23.2 Å². The number of nitrogens with zero attached hydrogens (tertiary/aromatic N) is 1. The van der Waals surface area contributed by atoms with Crippen LogP contribution in [0.25, 0.3) is 0 Å². The normalized spacial score (nSPS) is 14.7. The molecule has 3 rings (SSSR count). The summed E-state index contributed by atoms with van der Waals surface area (Å²) >= 11 is 0. The number of rotatable bonds is 4. The molecule has 1 saturated heterocycles. The fourth-order valence-electron chi connectivity index (χ4n) is 2.64. The van der Waals surface area contributed by atoms with E-state index in [1.165, 1.54) is 6.26 Å². The predicted octanol–water partition coefficient (Wildman–Crippen LogP) is 3.06. The molecule has 0 atom stereocenters. The van der Waals surface area contributed by atoms with Gasteiger partial charge in [0.25, 0.3) is 5.91 Å². The monoisotopic (exact) mass is 314 g/mol. The summed E-state index contributed by atoms with van der Waals surface area (Å²) in [6.45, 7) is 0.658. The van der Waals surface area contributed by atoms with Crippen molar-refractivity contribution in [3.8, 4) is 5.75 Å². The lowest BCUT2D eigenvalue weighted by Gasteiger charge is -2.28. The predicted molar refractivity (Wildman–Crippen MR) is 85.9 cm³/mol. The van der Waals surface area contributed by atoms with E-state index in [0.29, 0.717) is 30.1 Å². The van der Waals surface area contributed by atoms with Gasteiger partial charge in [0.2, 0.25) is 5.91 Å². The van der Waals surface area contributed by atoms with Crippen LogP contribution in [0.4, 0.5) is 11.4 Å². The van der Waals surface area contributed by atoms with Crippen LogP contribution in [0.5, 0.6) is 5.75 Å². The zero-order valence-corrected chi connectivity index (χ0v) is 12.9. The highest BCUT2D eigenvalue weighted by atomic mass is 16.5. The van der Waals surface area contributed by atoms with Crippen LogP contribution in [-0.2, 0) is 4.79 Å². The number of amides is 2. The van der Waals surface area contributed by atoms with E-state index in [2.05, 4.69) is 5.32 Å². The van der Waals surface area contributed by atoms with E-state index in [4.69, 9.17) is 9.15 Å². The van der Waals surface area contributed by atoms with E-state index in [-0.39, 0.29) is 17.6 Å². The van der Waals surface area contributed by atoms with E-state index in [1.54, 1.807) is 42.3 Å². The smallest absolute Gasteiger partial charge is 0.291 e. The van der Waals surface area contributed by atoms with Crippen molar-refractivity contribution in [2.24, 2.45) is 0 Å². The Balaban J connectivity index is 1.86. The second-order valence-corrected chi connectivity index (χ2v) is 5.32. The molecule has 1 aromatic carbocycles. The van der Waals surface area contributed by atoms with Crippen LogP contribution in [0.3, 0.4) is 0 Å². The molecule has 6 nitrogen and oxygen atoms in total. The molecule has 1 aliphatic rings. The lowest BCUT2D eigenvalue weighted by atomic mass is 10.1. The summed E-state index contributed by atoms with van der Waals surface area (Å²) in [5, 5.41) is 2.76. The molecule has 6 heteroatoms. The van der Waals surface area contributed by atoms with Crippen molar-refractivity contribution in [3.05, 3.63) is 42.4 Å². The summed E-state index contributed by atoms with van der Waals surface area (Å²) in [5.74, 6) is 0.577. The zero-order chi connectivity index (χ0) is 16.2. The van der Waals surface area contributed by atoms with Crippen LogP contribution in [0.1, 0.15) is 29.8 Å². The number of methoxy groups -OCH3 is 1. The number of benzene rings is 1. The van der Waals surface area contributed by atoms with Gasteiger partial charge in [-0.1, -0.05) is 0 Å². The van der Waals surface area contributed by atoms with Crippen molar-refractivity contribution in [2.75, 3.05) is 23.9 Å². The molecule has 0 unspecified atom stereocenters. The molecule has 0 aliphatic carbocycles. The first kappa shape index (κ1) is 15.1. The summed E-state index contributed by atoms with van der Waals surface area (Å²) in [4.78, 5) is 25.9. The molecule has 2 aromatic rings. The highest BCUT2D eigenvalue weighted by Crippen LogP contribution is 2.33. The maximum absolute atomic E-state index is 12.2. The zero-order valence-electron chi connectivity index (χ0n) is 12.9. The van der Waals surface area contributed by atoms with E-state index in [1.807, 2.05) is 0 Å². The topological polar surface area (TPSA) is 71.8 Å². The Bertz CT molecular complexity index is 709. The van der Waals surface area contributed by atoms with Crippen LogP contribution in [0.2, 0.25) is 0 Å². The van der Waals surface area contributed by atoms with Crippen LogP contribution >= 0.6 is 0 Å². The lowest BCUT2D eigenvalue weighted by Crippen LogP contribution is -2.35. The van der Waals surface area contributed by atoms with Crippen molar-refractivity contribution < 1.29 is 18.7 Å². The van der Waals surface area contributed by atoms with Crippen molar-refractivity contribution in [2.45, 2.75) is 19.3 Å². The minimum atomic E-state index is -0.337. The standard InChI is InChI=1S/C17H18N2O4/c1-22-14-8-7-12(18-17(21)15-5-4-10-23-15)11-13(14)19-9-3-2-6-16(19)20/h4-5,7-8,10-11H,2-3,6,9H2,1H3,(H,18,21). The Kier molecular flexibility index (Phi) is 4.32. The van der Waals surface area contributed by atoms with Crippen LogP contribution in [0, 0.1) is 0 Å². The molecule has 2 heterocycles. The number of furan rings is 1. The van der Waals surface area contributed by atoms with Gasteiger partial charge >= 0.3 is 0 Å². The Labute approximate surface area is 134 Å². The maximum atomic E-state index is 12.2. The Morgan fingerprint density at radius 2 is 2.17 bits per heavy atom. The number of hydrogen-bond donors (Lipinski definition) is 1. The number of carbonyl (C=O) groups excluding carboxylic acids is 2. The summed E-state index contributed by atoms with van der Waals surface area (Å²) in [5.41, 5.74) is 1.26. The van der Waals surface area contributed by atoms with Crippen LogP contribution in [0.15, 0.2) is 41.0 Å². The number of piperidine rings is 1. The number of hydrogen-bond acceptors (Lipinski definition) is 4. The highest BCUT2D eigenvalue weighted by molar-refractivity contribution is 6.03. The second kappa shape index (κ2) is 6.56. The Morgan fingerprint density at radius 1 is 1.30 bits per heavy atom. The number of carbonyl (C=O) groups is 2. The third kappa shape index (κ3) is 3.21. The Morgan fingerprint density at radius 3 is 2.87 bits per heavy atom. The van der Waals surface area contributed by atoms with E-state index in [9.17, 15) is 9.59 Å². The Hall–Kier alpha value is -2.76. The molecule has 1 aliphatic heterocycles. The molecular weight excluding hydrogens is 296 g/mol. The molecule has 1 fully saturated rings. The van der Waals surface area contributed by atoms with Gasteiger partial charge in [0, 0.05) is 18.7 Å². The van der Waals surface area contributed by atoms with E-state index in [0.717, 1.165) is 12.8 Å². The van der Waals surface area contributed by atoms with E-state index < -0.39 is 0 Å². The summed E-state index contributed by atoms with van der Waals surface area (Å²) in [6.07, 6.45) is 3.84. The molecule has 1 aromatic heterocycles. The molecule has 0 bridgehead atoms. The largest absolute Gasteiger partial charge is 0.495 e. The molecular formula is C17H18N2O4. The third-order valence-electron chi connectivity index (χ3n) is 3.80. The molecule has 1 N–H and O–H groups in total. The lowest BCUT2D eigenvalue weighted by molar-refractivity contribution is -0.119.